The first-order valence-electron chi connectivity index (χ1n) is 4.16. The minimum Gasteiger partial charge on any atom is -0.496 e. The third-order valence-electron chi connectivity index (χ3n) is 1.63. The summed E-state index contributed by atoms with van der Waals surface area (Å²) in [5.41, 5.74) is 0.388. The second-order valence-electron chi connectivity index (χ2n) is 2.57. The van der Waals surface area contributed by atoms with Crippen LogP contribution < -0.4 is 10.1 Å². The van der Waals surface area contributed by atoms with Crippen molar-refractivity contribution in [1.82, 2.24) is 10.3 Å². The van der Waals surface area contributed by atoms with Gasteiger partial charge < -0.3 is 10.1 Å². The van der Waals surface area contributed by atoms with Crippen LogP contribution in [0.2, 0.25) is 5.15 Å². The van der Waals surface area contributed by atoms with Crippen molar-refractivity contribution in [3.05, 3.63) is 23.0 Å². The van der Waals surface area contributed by atoms with E-state index in [1.165, 1.54) is 19.4 Å². The van der Waals surface area contributed by atoms with E-state index in [1.54, 1.807) is 0 Å². The molecule has 0 spiro atoms. The largest absolute Gasteiger partial charge is 0.496 e. The lowest BCUT2D eigenvalue weighted by Crippen LogP contribution is -2.23. The Morgan fingerprint density at radius 3 is 3.00 bits per heavy atom. The van der Waals surface area contributed by atoms with Crippen LogP contribution >= 0.6 is 11.6 Å². The van der Waals surface area contributed by atoms with E-state index in [-0.39, 0.29) is 5.91 Å². The minimum atomic E-state index is -0.214. The molecule has 1 rings (SSSR count). The van der Waals surface area contributed by atoms with Crippen LogP contribution in [0.25, 0.3) is 0 Å². The van der Waals surface area contributed by atoms with Gasteiger partial charge in [0, 0.05) is 18.8 Å². The Balaban J connectivity index is 3.01. The molecule has 1 heterocycles. The number of methoxy groups -OCH3 is 1. The van der Waals surface area contributed by atoms with Gasteiger partial charge in [0.05, 0.1) is 12.7 Å². The summed E-state index contributed by atoms with van der Waals surface area (Å²) < 4.78 is 5.01. The first-order chi connectivity index (χ1) is 6.69. The highest BCUT2D eigenvalue weighted by molar-refractivity contribution is 6.29. The van der Waals surface area contributed by atoms with Gasteiger partial charge >= 0.3 is 0 Å². The van der Waals surface area contributed by atoms with Crippen molar-refractivity contribution in [3.8, 4) is 5.75 Å². The molecule has 4 nitrogen and oxygen atoms in total. The predicted octanol–water partition coefficient (Wildman–Crippen LogP) is 1.49. The van der Waals surface area contributed by atoms with Gasteiger partial charge in [-0.15, -0.1) is 0 Å². The minimum absolute atomic E-state index is 0.214. The van der Waals surface area contributed by atoms with E-state index in [9.17, 15) is 4.79 Å². The molecule has 0 bridgehead atoms. The highest BCUT2D eigenvalue weighted by Crippen LogP contribution is 2.20. The first-order valence-corrected chi connectivity index (χ1v) is 4.54. The van der Waals surface area contributed by atoms with Gasteiger partial charge in [0.2, 0.25) is 0 Å². The Hall–Kier alpha value is -1.29. The molecule has 0 saturated carbocycles. The van der Waals surface area contributed by atoms with Crippen LogP contribution in [0.1, 0.15) is 17.3 Å². The van der Waals surface area contributed by atoms with Gasteiger partial charge in [-0.25, -0.2) is 4.98 Å². The molecule has 1 amide bonds. The predicted molar refractivity (Wildman–Crippen MR) is 53.8 cm³/mol. The number of carbonyl (C=O) groups excluding carboxylic acids is 1. The number of carbonyl (C=O) groups is 1. The molecule has 0 aliphatic heterocycles. The second kappa shape index (κ2) is 4.81. The number of hydrogen-bond donors (Lipinski definition) is 1. The lowest BCUT2D eigenvalue weighted by molar-refractivity contribution is 0.0952. The fraction of sp³-hybridized carbons (Fsp3) is 0.333. The molecule has 0 saturated heterocycles. The maximum absolute atomic E-state index is 11.5. The number of nitrogens with one attached hydrogen (secondary N) is 1. The van der Waals surface area contributed by atoms with Gasteiger partial charge in [0.25, 0.3) is 5.91 Å². The Bertz CT molecular complexity index is 342. The zero-order chi connectivity index (χ0) is 10.6. The Morgan fingerprint density at radius 2 is 2.43 bits per heavy atom. The standard InChI is InChI=1S/C9H11ClN2O2/c1-3-11-9(13)6-5-12-8(10)4-7(6)14-2/h4-5H,3H2,1-2H3,(H,11,13). The molecular formula is C9H11ClN2O2. The average molecular weight is 215 g/mol. The van der Waals surface area contributed by atoms with Gasteiger partial charge in [0.1, 0.15) is 10.9 Å². The summed E-state index contributed by atoms with van der Waals surface area (Å²) in [7, 11) is 1.48. The van der Waals surface area contributed by atoms with Crippen LogP contribution in [0.3, 0.4) is 0 Å². The van der Waals surface area contributed by atoms with Crippen molar-refractivity contribution >= 4 is 17.5 Å². The fourth-order valence-corrected chi connectivity index (χ4v) is 1.16. The summed E-state index contributed by atoms with van der Waals surface area (Å²) in [6.45, 7) is 2.40. The maximum atomic E-state index is 11.5. The van der Waals surface area contributed by atoms with Crippen LogP contribution in [0.15, 0.2) is 12.3 Å². The highest BCUT2D eigenvalue weighted by atomic mass is 35.5. The fourth-order valence-electron chi connectivity index (χ4n) is 1.01. The van der Waals surface area contributed by atoms with Crippen molar-refractivity contribution in [1.29, 1.82) is 0 Å². The van der Waals surface area contributed by atoms with E-state index in [0.717, 1.165) is 0 Å². The number of nitrogens with zero attached hydrogens (tertiary/aromatic N) is 1. The third kappa shape index (κ3) is 2.35. The Morgan fingerprint density at radius 1 is 1.71 bits per heavy atom. The average Bonchev–Trinajstić information content (AvgIpc) is 2.17. The van der Waals surface area contributed by atoms with E-state index < -0.39 is 0 Å². The van der Waals surface area contributed by atoms with E-state index in [4.69, 9.17) is 16.3 Å². The molecule has 5 heteroatoms. The summed E-state index contributed by atoms with van der Waals surface area (Å²) >= 11 is 5.65. The summed E-state index contributed by atoms with van der Waals surface area (Å²) in [6.07, 6.45) is 1.40. The second-order valence-corrected chi connectivity index (χ2v) is 2.95. The molecule has 0 aliphatic carbocycles. The molecule has 0 fully saturated rings. The van der Waals surface area contributed by atoms with Crippen LogP contribution in [0, 0.1) is 0 Å². The summed E-state index contributed by atoms with van der Waals surface area (Å²) in [6, 6.07) is 1.51. The van der Waals surface area contributed by atoms with E-state index in [2.05, 4.69) is 10.3 Å². The monoisotopic (exact) mass is 214 g/mol. The molecular weight excluding hydrogens is 204 g/mol. The van der Waals surface area contributed by atoms with Crippen LogP contribution in [-0.4, -0.2) is 24.5 Å². The van der Waals surface area contributed by atoms with Gasteiger partial charge in [-0.2, -0.15) is 0 Å². The van der Waals surface area contributed by atoms with Crippen LogP contribution in [-0.2, 0) is 0 Å². The number of aromatic nitrogens is 1. The molecule has 14 heavy (non-hydrogen) atoms. The molecule has 1 N–H and O–H groups in total. The molecule has 0 radical (unpaired) electrons. The van der Waals surface area contributed by atoms with Crippen molar-refractivity contribution in [2.24, 2.45) is 0 Å². The third-order valence-corrected chi connectivity index (χ3v) is 1.84. The van der Waals surface area contributed by atoms with Crippen LogP contribution in [0.5, 0.6) is 5.75 Å². The number of amides is 1. The maximum Gasteiger partial charge on any atom is 0.256 e. The quantitative estimate of drug-likeness (QED) is 0.776. The van der Waals surface area contributed by atoms with Gasteiger partial charge in [-0.1, -0.05) is 11.6 Å². The van der Waals surface area contributed by atoms with Gasteiger partial charge in [0.15, 0.2) is 0 Å². The molecule has 76 valence electrons. The smallest absolute Gasteiger partial charge is 0.256 e. The summed E-state index contributed by atoms with van der Waals surface area (Å²) in [5, 5.41) is 2.95. The summed E-state index contributed by atoms with van der Waals surface area (Å²) in [4.78, 5) is 15.3. The van der Waals surface area contributed by atoms with Gasteiger partial charge in [-0.05, 0) is 6.92 Å². The van der Waals surface area contributed by atoms with E-state index >= 15 is 0 Å². The zero-order valence-electron chi connectivity index (χ0n) is 8.00. The molecule has 0 aromatic carbocycles. The Kier molecular flexibility index (Phi) is 3.71. The zero-order valence-corrected chi connectivity index (χ0v) is 8.76. The first kappa shape index (κ1) is 10.8. The molecule has 1 aromatic rings. The van der Waals surface area contributed by atoms with Crippen molar-refractivity contribution < 1.29 is 9.53 Å². The molecule has 0 unspecified atom stereocenters. The number of ether oxygens (including phenoxy) is 1. The lowest BCUT2D eigenvalue weighted by atomic mass is 10.2. The molecule has 1 aromatic heterocycles. The molecule has 0 atom stereocenters. The number of pyridine rings is 1. The Labute approximate surface area is 87.2 Å². The number of rotatable bonds is 3. The summed E-state index contributed by atoms with van der Waals surface area (Å²) in [5.74, 6) is 0.212. The van der Waals surface area contributed by atoms with Crippen molar-refractivity contribution in [2.45, 2.75) is 6.92 Å². The van der Waals surface area contributed by atoms with E-state index in [1.807, 2.05) is 6.92 Å². The van der Waals surface area contributed by atoms with Crippen LogP contribution in [0.4, 0.5) is 0 Å². The highest BCUT2D eigenvalue weighted by Gasteiger charge is 2.12. The number of hydrogen-bond acceptors (Lipinski definition) is 3. The van der Waals surface area contributed by atoms with Crippen molar-refractivity contribution in [2.75, 3.05) is 13.7 Å². The molecule has 0 aliphatic rings. The topological polar surface area (TPSA) is 51.2 Å². The normalized spacial score (nSPS) is 9.64. The number of halogens is 1. The van der Waals surface area contributed by atoms with Gasteiger partial charge in [-0.3, -0.25) is 4.79 Å². The van der Waals surface area contributed by atoms with E-state index in [0.29, 0.717) is 23.0 Å². The SMILES string of the molecule is CCNC(=O)c1cnc(Cl)cc1OC. The lowest BCUT2D eigenvalue weighted by Gasteiger charge is -2.07. The van der Waals surface area contributed by atoms with Crippen molar-refractivity contribution in [3.63, 3.8) is 0 Å².